The lowest BCUT2D eigenvalue weighted by Crippen LogP contribution is -2.15. The van der Waals surface area contributed by atoms with Gasteiger partial charge in [-0.05, 0) is 81.0 Å². The predicted octanol–water partition coefficient (Wildman–Crippen LogP) is 5.90. The van der Waals surface area contributed by atoms with Gasteiger partial charge in [0.25, 0.3) is 0 Å². The number of rotatable bonds is 2. The van der Waals surface area contributed by atoms with Gasteiger partial charge in [-0.15, -0.1) is 11.3 Å². The van der Waals surface area contributed by atoms with E-state index in [9.17, 15) is 4.39 Å². The van der Waals surface area contributed by atoms with Crippen LogP contribution in [0.25, 0.3) is 0 Å². The smallest absolute Gasteiger partial charge is 0.139 e. The number of benzene rings is 1. The first-order valence-corrected chi connectivity index (χ1v) is 8.53. The van der Waals surface area contributed by atoms with Crippen molar-refractivity contribution in [2.24, 2.45) is 0 Å². The SMILES string of the molecule is Fc1cc(NC2CCCc3sc(Br)cc32)ccc1Br. The lowest BCUT2D eigenvalue weighted by molar-refractivity contribution is 0.604. The lowest BCUT2D eigenvalue weighted by atomic mass is 9.94. The normalized spacial score (nSPS) is 18.2. The Kier molecular flexibility index (Phi) is 3.96. The van der Waals surface area contributed by atoms with E-state index in [1.165, 1.54) is 20.6 Å². The molecule has 100 valence electrons. The van der Waals surface area contributed by atoms with Crippen LogP contribution in [0.5, 0.6) is 0 Å². The Morgan fingerprint density at radius 2 is 2.11 bits per heavy atom. The van der Waals surface area contributed by atoms with Crippen molar-refractivity contribution in [1.29, 1.82) is 0 Å². The molecule has 1 unspecified atom stereocenters. The quantitative estimate of drug-likeness (QED) is 0.656. The van der Waals surface area contributed by atoms with Crippen molar-refractivity contribution in [3.8, 4) is 0 Å². The fourth-order valence-corrected chi connectivity index (χ4v) is 4.52. The van der Waals surface area contributed by atoms with Crippen molar-refractivity contribution < 1.29 is 4.39 Å². The number of thiophene rings is 1. The molecule has 1 N–H and O–H groups in total. The molecule has 1 aliphatic carbocycles. The van der Waals surface area contributed by atoms with Crippen LogP contribution in [0, 0.1) is 5.82 Å². The average molecular weight is 405 g/mol. The molecule has 19 heavy (non-hydrogen) atoms. The zero-order valence-electron chi connectivity index (χ0n) is 10.1. The second-order valence-corrected chi connectivity index (χ2v) is 8.02. The van der Waals surface area contributed by atoms with E-state index in [4.69, 9.17) is 0 Å². The van der Waals surface area contributed by atoms with E-state index < -0.39 is 0 Å². The maximum atomic E-state index is 13.5. The maximum Gasteiger partial charge on any atom is 0.139 e. The molecule has 0 aliphatic heterocycles. The van der Waals surface area contributed by atoms with Crippen molar-refractivity contribution in [2.75, 3.05) is 5.32 Å². The summed E-state index contributed by atoms with van der Waals surface area (Å²) in [6.07, 6.45) is 3.42. The average Bonchev–Trinajstić information content (AvgIpc) is 2.75. The second kappa shape index (κ2) is 5.54. The first kappa shape index (κ1) is 13.6. The highest BCUT2D eigenvalue weighted by Crippen LogP contribution is 2.39. The highest BCUT2D eigenvalue weighted by Gasteiger charge is 2.22. The zero-order chi connectivity index (χ0) is 13.4. The molecule has 0 amide bonds. The summed E-state index contributed by atoms with van der Waals surface area (Å²) >= 11 is 8.53. The Morgan fingerprint density at radius 1 is 1.26 bits per heavy atom. The van der Waals surface area contributed by atoms with Crippen molar-refractivity contribution in [3.05, 3.63) is 48.8 Å². The molecular weight excluding hydrogens is 393 g/mol. The summed E-state index contributed by atoms with van der Waals surface area (Å²) in [5.41, 5.74) is 2.19. The molecule has 0 fully saturated rings. The highest BCUT2D eigenvalue weighted by molar-refractivity contribution is 9.11. The molecule has 1 aromatic heterocycles. The number of fused-ring (bicyclic) bond motifs is 1. The largest absolute Gasteiger partial charge is 0.378 e. The van der Waals surface area contributed by atoms with Crippen LogP contribution in [0.15, 0.2) is 32.5 Å². The number of aryl methyl sites for hydroxylation is 1. The van der Waals surface area contributed by atoms with Gasteiger partial charge < -0.3 is 5.32 Å². The molecule has 0 radical (unpaired) electrons. The number of halogens is 3. The van der Waals surface area contributed by atoms with Gasteiger partial charge in [0.1, 0.15) is 5.82 Å². The van der Waals surface area contributed by atoms with E-state index in [0.717, 1.165) is 18.5 Å². The minimum atomic E-state index is -0.229. The van der Waals surface area contributed by atoms with Crippen LogP contribution in [0.4, 0.5) is 10.1 Å². The van der Waals surface area contributed by atoms with Gasteiger partial charge in [-0.3, -0.25) is 0 Å². The van der Waals surface area contributed by atoms with E-state index in [2.05, 4.69) is 43.2 Å². The number of anilines is 1. The summed E-state index contributed by atoms with van der Waals surface area (Å²) in [4.78, 5) is 1.44. The van der Waals surface area contributed by atoms with E-state index in [-0.39, 0.29) is 11.9 Å². The Morgan fingerprint density at radius 3 is 2.89 bits per heavy atom. The maximum absolute atomic E-state index is 13.5. The summed E-state index contributed by atoms with van der Waals surface area (Å²) in [5, 5.41) is 3.44. The Hall–Kier alpha value is -0.390. The molecule has 1 aromatic carbocycles. The molecule has 1 aliphatic rings. The summed E-state index contributed by atoms with van der Waals surface area (Å²) in [6, 6.07) is 7.66. The number of nitrogens with one attached hydrogen (secondary N) is 1. The molecule has 1 nitrogen and oxygen atoms in total. The zero-order valence-corrected chi connectivity index (χ0v) is 14.0. The van der Waals surface area contributed by atoms with E-state index >= 15 is 0 Å². The molecule has 0 saturated carbocycles. The van der Waals surface area contributed by atoms with Gasteiger partial charge in [0, 0.05) is 10.6 Å². The van der Waals surface area contributed by atoms with Crippen LogP contribution < -0.4 is 5.32 Å². The van der Waals surface area contributed by atoms with Crippen LogP contribution in [0.2, 0.25) is 0 Å². The van der Waals surface area contributed by atoms with Crippen LogP contribution >= 0.6 is 43.2 Å². The molecule has 2 aromatic rings. The van der Waals surface area contributed by atoms with Gasteiger partial charge in [0.2, 0.25) is 0 Å². The highest BCUT2D eigenvalue weighted by atomic mass is 79.9. The van der Waals surface area contributed by atoms with Gasteiger partial charge >= 0.3 is 0 Å². The fourth-order valence-electron chi connectivity index (χ4n) is 2.46. The van der Waals surface area contributed by atoms with E-state index in [0.29, 0.717) is 4.47 Å². The minimum absolute atomic E-state index is 0.229. The summed E-state index contributed by atoms with van der Waals surface area (Å²) in [7, 11) is 0. The molecule has 1 heterocycles. The topological polar surface area (TPSA) is 12.0 Å². The molecule has 0 saturated heterocycles. The van der Waals surface area contributed by atoms with Gasteiger partial charge in [0.05, 0.1) is 14.3 Å². The van der Waals surface area contributed by atoms with Crippen LogP contribution in [-0.4, -0.2) is 0 Å². The molecule has 0 bridgehead atoms. The Bertz CT molecular complexity index is 611. The lowest BCUT2D eigenvalue weighted by Gasteiger charge is -2.24. The van der Waals surface area contributed by atoms with Crippen molar-refractivity contribution in [1.82, 2.24) is 0 Å². The summed E-state index contributed by atoms with van der Waals surface area (Å²) in [5.74, 6) is -0.229. The van der Waals surface area contributed by atoms with Gasteiger partial charge in [-0.2, -0.15) is 0 Å². The number of hydrogen-bond acceptors (Lipinski definition) is 2. The van der Waals surface area contributed by atoms with Crippen LogP contribution in [0.3, 0.4) is 0 Å². The molecular formula is C14H12Br2FNS. The van der Waals surface area contributed by atoms with Gasteiger partial charge in [0.15, 0.2) is 0 Å². The van der Waals surface area contributed by atoms with Crippen molar-refractivity contribution >= 4 is 48.9 Å². The number of hydrogen-bond donors (Lipinski definition) is 1. The first-order chi connectivity index (χ1) is 9.13. The Labute approximate surface area is 132 Å². The minimum Gasteiger partial charge on any atom is -0.378 e. The molecule has 3 rings (SSSR count). The summed E-state index contributed by atoms with van der Waals surface area (Å²) < 4.78 is 15.2. The second-order valence-electron chi connectivity index (χ2n) is 4.65. The molecule has 0 spiro atoms. The van der Waals surface area contributed by atoms with E-state index in [1.807, 2.05) is 6.07 Å². The first-order valence-electron chi connectivity index (χ1n) is 6.13. The fraction of sp³-hybridized carbons (Fsp3) is 0.286. The van der Waals surface area contributed by atoms with Gasteiger partial charge in [-0.1, -0.05) is 0 Å². The van der Waals surface area contributed by atoms with Gasteiger partial charge in [-0.25, -0.2) is 4.39 Å². The van der Waals surface area contributed by atoms with Crippen molar-refractivity contribution in [2.45, 2.75) is 25.3 Å². The molecule has 1 atom stereocenters. The standard InChI is InChI=1S/C14H12Br2FNS/c15-10-5-4-8(6-11(10)17)18-12-2-1-3-13-9(12)7-14(16)19-13/h4-7,12,18H,1-3H2. The molecule has 5 heteroatoms. The van der Waals surface area contributed by atoms with Crippen LogP contribution in [0.1, 0.15) is 29.3 Å². The van der Waals surface area contributed by atoms with Crippen molar-refractivity contribution in [3.63, 3.8) is 0 Å². The Balaban J connectivity index is 1.86. The predicted molar refractivity (Wildman–Crippen MR) is 85.4 cm³/mol. The third-order valence-corrected chi connectivity index (χ3v) is 5.70. The van der Waals surface area contributed by atoms with E-state index in [1.54, 1.807) is 23.5 Å². The summed E-state index contributed by atoms with van der Waals surface area (Å²) in [6.45, 7) is 0. The third kappa shape index (κ3) is 2.88. The monoisotopic (exact) mass is 403 g/mol. The third-order valence-electron chi connectivity index (χ3n) is 3.34. The van der Waals surface area contributed by atoms with Crippen LogP contribution in [-0.2, 0) is 6.42 Å².